The van der Waals surface area contributed by atoms with E-state index in [2.05, 4.69) is 21.8 Å². The molecule has 0 unspecified atom stereocenters. The van der Waals surface area contributed by atoms with E-state index in [0.29, 0.717) is 23.6 Å². The van der Waals surface area contributed by atoms with Crippen LogP contribution in [-0.4, -0.2) is 27.1 Å². The van der Waals surface area contributed by atoms with Crippen LogP contribution in [0.15, 0.2) is 95.4 Å². The van der Waals surface area contributed by atoms with E-state index < -0.39 is 15.9 Å². The molecule has 0 spiro atoms. The van der Waals surface area contributed by atoms with Crippen LogP contribution in [0.5, 0.6) is 5.75 Å². The number of hydrogen-bond donors (Lipinski definition) is 2. The van der Waals surface area contributed by atoms with Crippen molar-refractivity contribution < 1.29 is 17.9 Å². The van der Waals surface area contributed by atoms with E-state index in [1.165, 1.54) is 30.5 Å². The van der Waals surface area contributed by atoms with E-state index in [0.717, 1.165) is 11.1 Å². The van der Waals surface area contributed by atoms with Crippen LogP contribution in [0, 0.1) is 6.92 Å². The lowest BCUT2D eigenvalue weighted by atomic mass is 10.2. The van der Waals surface area contributed by atoms with Crippen LogP contribution in [0.2, 0.25) is 0 Å². The van der Waals surface area contributed by atoms with E-state index >= 15 is 0 Å². The molecule has 0 atom stereocenters. The summed E-state index contributed by atoms with van der Waals surface area (Å²) in [5.41, 5.74) is 4.85. The number of rotatable bonds is 9. The lowest BCUT2D eigenvalue weighted by Crippen LogP contribution is -2.18. The third-order valence-electron chi connectivity index (χ3n) is 4.34. The molecule has 3 rings (SSSR count). The molecule has 0 aliphatic carbocycles. The number of aryl methyl sites for hydroxylation is 1. The Labute approximate surface area is 187 Å². The molecule has 164 valence electrons. The first-order chi connectivity index (χ1) is 15.4. The molecule has 0 saturated carbocycles. The molecule has 0 aromatic heterocycles. The molecule has 0 heterocycles. The van der Waals surface area contributed by atoms with Crippen molar-refractivity contribution in [3.8, 4) is 5.75 Å². The van der Waals surface area contributed by atoms with Gasteiger partial charge < -0.3 is 4.74 Å². The minimum atomic E-state index is -3.71. The topological polar surface area (TPSA) is 96.9 Å². The maximum Gasteiger partial charge on any atom is 0.271 e. The highest BCUT2D eigenvalue weighted by Crippen LogP contribution is 2.17. The lowest BCUT2D eigenvalue weighted by molar-refractivity contribution is 0.0955. The van der Waals surface area contributed by atoms with Crippen molar-refractivity contribution in [3.05, 3.63) is 102 Å². The highest BCUT2D eigenvalue weighted by Gasteiger charge is 2.14. The zero-order valence-electron chi connectivity index (χ0n) is 17.5. The Hall–Kier alpha value is -3.91. The number of nitrogens with zero attached hydrogens (tertiary/aromatic N) is 1. The lowest BCUT2D eigenvalue weighted by Gasteiger charge is -2.09. The summed E-state index contributed by atoms with van der Waals surface area (Å²) in [4.78, 5) is 12.5. The number of benzene rings is 3. The molecule has 8 heteroatoms. The number of sulfonamides is 1. The number of hydrazone groups is 1. The van der Waals surface area contributed by atoms with Gasteiger partial charge in [-0.25, -0.2) is 13.8 Å². The third-order valence-corrected chi connectivity index (χ3v) is 5.73. The number of carbonyl (C=O) groups is 1. The van der Waals surface area contributed by atoms with Gasteiger partial charge in [0, 0.05) is 11.3 Å². The molecule has 0 bridgehead atoms. The Kier molecular flexibility index (Phi) is 7.41. The van der Waals surface area contributed by atoms with E-state index in [1.807, 2.05) is 25.1 Å². The van der Waals surface area contributed by atoms with Crippen molar-refractivity contribution in [1.29, 1.82) is 0 Å². The smallest absolute Gasteiger partial charge is 0.271 e. The summed E-state index contributed by atoms with van der Waals surface area (Å²) in [7, 11) is -3.71. The summed E-state index contributed by atoms with van der Waals surface area (Å²) >= 11 is 0. The molecule has 0 saturated heterocycles. The fraction of sp³-hybridized carbons (Fsp3) is 0.0833. The van der Waals surface area contributed by atoms with Crippen molar-refractivity contribution in [1.82, 2.24) is 5.43 Å². The summed E-state index contributed by atoms with van der Waals surface area (Å²) in [5, 5.41) is 3.96. The summed E-state index contributed by atoms with van der Waals surface area (Å²) in [5.74, 6) is 0.247. The van der Waals surface area contributed by atoms with Crippen molar-refractivity contribution in [2.45, 2.75) is 11.8 Å². The molecule has 2 N–H and O–H groups in total. The van der Waals surface area contributed by atoms with Crippen LogP contribution in [0.1, 0.15) is 21.5 Å². The second kappa shape index (κ2) is 10.4. The number of carbonyl (C=O) groups excluding carboxylic acids is 1. The quantitative estimate of drug-likeness (QED) is 0.292. The van der Waals surface area contributed by atoms with E-state index in [1.54, 1.807) is 36.4 Å². The van der Waals surface area contributed by atoms with Gasteiger partial charge in [-0.3, -0.25) is 9.52 Å². The summed E-state index contributed by atoms with van der Waals surface area (Å²) < 4.78 is 32.9. The van der Waals surface area contributed by atoms with Crippen LogP contribution >= 0.6 is 0 Å². The van der Waals surface area contributed by atoms with E-state index in [-0.39, 0.29) is 4.90 Å². The molecule has 0 aliphatic rings. The average molecular weight is 450 g/mol. The first kappa shape index (κ1) is 22.8. The molecule has 3 aromatic carbocycles. The third kappa shape index (κ3) is 6.29. The number of nitrogens with one attached hydrogen (secondary N) is 2. The van der Waals surface area contributed by atoms with Crippen molar-refractivity contribution in [2.24, 2.45) is 5.10 Å². The van der Waals surface area contributed by atoms with Gasteiger partial charge in [-0.2, -0.15) is 5.10 Å². The Morgan fingerprint density at radius 1 is 1.06 bits per heavy atom. The minimum absolute atomic E-state index is 0.165. The molecular weight excluding hydrogens is 426 g/mol. The monoisotopic (exact) mass is 449 g/mol. The fourth-order valence-electron chi connectivity index (χ4n) is 2.69. The number of hydrogen-bond acceptors (Lipinski definition) is 5. The molecule has 7 nitrogen and oxygen atoms in total. The van der Waals surface area contributed by atoms with Crippen LogP contribution in [0.4, 0.5) is 5.69 Å². The SMILES string of the molecule is C=CCOc1cccc(/C=N\NC(=O)c2ccc(NS(=O)(=O)c3ccc(C)cc3)cc2)c1. The fourth-order valence-corrected chi connectivity index (χ4v) is 3.75. The molecule has 0 aliphatic heterocycles. The zero-order chi connectivity index (χ0) is 23.0. The van der Waals surface area contributed by atoms with Crippen LogP contribution in [0.3, 0.4) is 0 Å². The number of ether oxygens (including phenoxy) is 1. The predicted molar refractivity (Wildman–Crippen MR) is 126 cm³/mol. The number of amides is 1. The minimum Gasteiger partial charge on any atom is -0.490 e. The van der Waals surface area contributed by atoms with Crippen molar-refractivity contribution in [2.75, 3.05) is 11.3 Å². The van der Waals surface area contributed by atoms with Gasteiger partial charge in [-0.05, 0) is 61.0 Å². The summed E-state index contributed by atoms with van der Waals surface area (Å²) in [6, 6.07) is 19.8. The van der Waals surface area contributed by atoms with E-state index in [4.69, 9.17) is 4.74 Å². The van der Waals surface area contributed by atoms with Gasteiger partial charge in [-0.15, -0.1) is 0 Å². The Balaban J connectivity index is 1.60. The highest BCUT2D eigenvalue weighted by atomic mass is 32.2. The van der Waals surface area contributed by atoms with Gasteiger partial charge in [-0.1, -0.05) is 42.5 Å². The Morgan fingerprint density at radius 2 is 1.78 bits per heavy atom. The molecule has 0 fully saturated rings. The zero-order valence-corrected chi connectivity index (χ0v) is 18.3. The highest BCUT2D eigenvalue weighted by molar-refractivity contribution is 7.92. The predicted octanol–water partition coefficient (Wildman–Crippen LogP) is 4.12. The maximum atomic E-state index is 12.5. The van der Waals surface area contributed by atoms with Gasteiger partial charge in [0.1, 0.15) is 12.4 Å². The van der Waals surface area contributed by atoms with E-state index in [9.17, 15) is 13.2 Å². The summed E-state index contributed by atoms with van der Waals surface area (Å²) in [6.45, 7) is 5.88. The summed E-state index contributed by atoms with van der Waals surface area (Å²) in [6.07, 6.45) is 3.16. The van der Waals surface area contributed by atoms with Crippen LogP contribution < -0.4 is 14.9 Å². The molecule has 1 amide bonds. The molecular formula is C24H23N3O4S. The first-order valence-corrected chi connectivity index (χ1v) is 11.2. The van der Waals surface area contributed by atoms with Gasteiger partial charge in [0.25, 0.3) is 15.9 Å². The normalized spacial score (nSPS) is 11.2. The van der Waals surface area contributed by atoms with Gasteiger partial charge >= 0.3 is 0 Å². The largest absolute Gasteiger partial charge is 0.490 e. The second-order valence-electron chi connectivity index (χ2n) is 6.87. The van der Waals surface area contributed by atoms with Gasteiger partial charge in [0.2, 0.25) is 0 Å². The van der Waals surface area contributed by atoms with Gasteiger partial charge in [0.05, 0.1) is 11.1 Å². The molecule has 32 heavy (non-hydrogen) atoms. The van der Waals surface area contributed by atoms with Crippen LogP contribution in [-0.2, 0) is 10.0 Å². The maximum absolute atomic E-state index is 12.5. The molecule has 0 radical (unpaired) electrons. The molecule has 3 aromatic rings. The Bertz CT molecular complexity index is 1220. The Morgan fingerprint density at radius 3 is 2.47 bits per heavy atom. The van der Waals surface area contributed by atoms with Crippen molar-refractivity contribution in [3.63, 3.8) is 0 Å². The first-order valence-electron chi connectivity index (χ1n) is 9.74. The standard InChI is InChI=1S/C24H23N3O4S/c1-3-15-31-22-6-4-5-19(16-22)17-25-26-24(28)20-9-11-21(12-10-20)27-32(29,30)23-13-7-18(2)8-14-23/h3-14,16-17,27H,1,15H2,2H3,(H,26,28)/b25-17-. The average Bonchev–Trinajstić information content (AvgIpc) is 2.78. The number of anilines is 1. The van der Waals surface area contributed by atoms with Gasteiger partial charge in [0.15, 0.2) is 0 Å². The van der Waals surface area contributed by atoms with Crippen molar-refractivity contribution >= 4 is 27.8 Å². The van der Waals surface area contributed by atoms with Crippen LogP contribution in [0.25, 0.3) is 0 Å². The second-order valence-corrected chi connectivity index (χ2v) is 8.55.